The van der Waals surface area contributed by atoms with Gasteiger partial charge in [0.25, 0.3) is 0 Å². The van der Waals surface area contributed by atoms with Crippen molar-refractivity contribution in [3.63, 3.8) is 0 Å². The molecule has 0 amide bonds. The first-order chi connectivity index (χ1) is 8.69. The number of aromatic nitrogens is 1. The van der Waals surface area contributed by atoms with E-state index in [4.69, 9.17) is 10.5 Å². The molecule has 0 fully saturated rings. The molecular weight excluding hydrogens is 231 g/mol. The zero-order valence-corrected chi connectivity index (χ0v) is 10.2. The molecule has 2 rings (SSSR count). The number of nitrogens with zero attached hydrogens (tertiary/aromatic N) is 1. The van der Waals surface area contributed by atoms with E-state index >= 15 is 0 Å². The van der Waals surface area contributed by atoms with Gasteiger partial charge in [-0.15, -0.1) is 0 Å². The fraction of sp³-hybridized carbons (Fsp3) is 0.214. The van der Waals surface area contributed by atoms with Crippen molar-refractivity contribution in [2.24, 2.45) is 5.73 Å². The van der Waals surface area contributed by atoms with Crippen molar-refractivity contribution in [3.05, 3.63) is 53.5 Å². The Morgan fingerprint density at radius 2 is 2.11 bits per heavy atom. The van der Waals surface area contributed by atoms with E-state index in [0.717, 1.165) is 17.5 Å². The number of aryl methyl sites for hydroxylation is 1. The number of ether oxygens (including phenoxy) is 1. The fourth-order valence-corrected chi connectivity index (χ4v) is 1.58. The van der Waals surface area contributed by atoms with Gasteiger partial charge < -0.3 is 10.5 Å². The quantitative estimate of drug-likeness (QED) is 0.902. The van der Waals surface area contributed by atoms with E-state index in [2.05, 4.69) is 4.98 Å². The van der Waals surface area contributed by atoms with Gasteiger partial charge in [0, 0.05) is 18.3 Å². The molecule has 2 N–H and O–H groups in total. The smallest absolute Gasteiger partial charge is 0.219 e. The lowest BCUT2D eigenvalue weighted by Crippen LogP contribution is -2.03. The van der Waals surface area contributed by atoms with Gasteiger partial charge in [0.1, 0.15) is 11.6 Å². The number of nitrogens with two attached hydrogens (primary N) is 1. The lowest BCUT2D eigenvalue weighted by Gasteiger charge is -2.08. The Kier molecular flexibility index (Phi) is 3.89. The molecule has 18 heavy (non-hydrogen) atoms. The number of hydrogen-bond donors (Lipinski definition) is 1. The zero-order chi connectivity index (χ0) is 13.0. The van der Waals surface area contributed by atoms with Crippen molar-refractivity contribution >= 4 is 0 Å². The second-order valence-corrected chi connectivity index (χ2v) is 4.06. The van der Waals surface area contributed by atoms with Crippen LogP contribution in [0.25, 0.3) is 0 Å². The van der Waals surface area contributed by atoms with Crippen LogP contribution in [0.1, 0.15) is 11.1 Å². The van der Waals surface area contributed by atoms with Crippen LogP contribution in [0.2, 0.25) is 0 Å². The second-order valence-electron chi connectivity index (χ2n) is 4.06. The molecule has 1 heterocycles. The van der Waals surface area contributed by atoms with Crippen molar-refractivity contribution in [2.75, 3.05) is 6.54 Å². The van der Waals surface area contributed by atoms with Gasteiger partial charge in [-0.05, 0) is 37.1 Å². The summed E-state index contributed by atoms with van der Waals surface area (Å²) in [6.07, 6.45) is 2.50. The predicted octanol–water partition coefficient (Wildman–Crippen LogP) is 2.82. The number of halogens is 1. The minimum absolute atomic E-state index is 0.324. The van der Waals surface area contributed by atoms with Crippen molar-refractivity contribution in [2.45, 2.75) is 13.3 Å². The number of pyridine rings is 1. The average Bonchev–Trinajstić information content (AvgIpc) is 2.37. The second kappa shape index (κ2) is 5.60. The van der Waals surface area contributed by atoms with E-state index in [1.54, 1.807) is 18.3 Å². The van der Waals surface area contributed by atoms with Gasteiger partial charge in [0.15, 0.2) is 0 Å². The van der Waals surface area contributed by atoms with Crippen LogP contribution in [-0.4, -0.2) is 11.5 Å². The Morgan fingerprint density at radius 1 is 1.28 bits per heavy atom. The first-order valence-corrected chi connectivity index (χ1v) is 5.78. The van der Waals surface area contributed by atoms with Crippen molar-refractivity contribution in [1.29, 1.82) is 0 Å². The summed E-state index contributed by atoms with van der Waals surface area (Å²) >= 11 is 0. The Morgan fingerprint density at radius 3 is 2.78 bits per heavy atom. The third-order valence-electron chi connectivity index (χ3n) is 2.60. The van der Waals surface area contributed by atoms with E-state index in [1.807, 2.05) is 13.0 Å². The molecule has 0 unspecified atom stereocenters. The molecule has 0 saturated heterocycles. The van der Waals surface area contributed by atoms with Crippen LogP contribution >= 0.6 is 0 Å². The zero-order valence-electron chi connectivity index (χ0n) is 10.2. The van der Waals surface area contributed by atoms with Crippen molar-refractivity contribution < 1.29 is 9.13 Å². The first-order valence-electron chi connectivity index (χ1n) is 5.78. The highest BCUT2D eigenvalue weighted by Crippen LogP contribution is 2.24. The Balaban J connectivity index is 2.15. The highest BCUT2D eigenvalue weighted by atomic mass is 19.1. The van der Waals surface area contributed by atoms with E-state index in [9.17, 15) is 4.39 Å². The molecular formula is C14H15FN2O. The van der Waals surface area contributed by atoms with Gasteiger partial charge in [-0.2, -0.15) is 0 Å². The van der Waals surface area contributed by atoms with Crippen LogP contribution in [-0.2, 0) is 6.42 Å². The largest absolute Gasteiger partial charge is 0.439 e. The normalized spacial score (nSPS) is 10.4. The van der Waals surface area contributed by atoms with Crippen LogP contribution in [0, 0.1) is 12.7 Å². The molecule has 0 aliphatic rings. The minimum atomic E-state index is -0.324. The highest BCUT2D eigenvalue weighted by molar-refractivity contribution is 5.35. The molecule has 0 spiro atoms. The molecule has 2 aromatic rings. The van der Waals surface area contributed by atoms with E-state index in [1.165, 1.54) is 12.1 Å². The summed E-state index contributed by atoms with van der Waals surface area (Å²) in [7, 11) is 0. The molecule has 94 valence electrons. The third kappa shape index (κ3) is 3.05. The number of hydrogen-bond acceptors (Lipinski definition) is 3. The molecule has 0 atom stereocenters. The molecule has 0 aliphatic heterocycles. The molecule has 4 heteroatoms. The molecule has 1 aromatic heterocycles. The van der Waals surface area contributed by atoms with Gasteiger partial charge >= 0.3 is 0 Å². The maximum atomic E-state index is 13.1. The third-order valence-corrected chi connectivity index (χ3v) is 2.60. The Hall–Kier alpha value is -1.94. The molecule has 0 aliphatic carbocycles. The summed E-state index contributed by atoms with van der Waals surface area (Å²) in [5.74, 6) is 0.605. The Labute approximate surface area is 105 Å². The van der Waals surface area contributed by atoms with Crippen molar-refractivity contribution in [1.82, 2.24) is 4.98 Å². The van der Waals surface area contributed by atoms with E-state index in [0.29, 0.717) is 18.2 Å². The summed E-state index contributed by atoms with van der Waals surface area (Å²) in [5, 5.41) is 0. The topological polar surface area (TPSA) is 48.1 Å². The summed E-state index contributed by atoms with van der Waals surface area (Å²) in [5.41, 5.74) is 7.38. The monoisotopic (exact) mass is 246 g/mol. The summed E-state index contributed by atoms with van der Waals surface area (Å²) in [6.45, 7) is 2.45. The van der Waals surface area contributed by atoms with Crippen LogP contribution < -0.4 is 10.5 Å². The minimum Gasteiger partial charge on any atom is -0.439 e. The number of rotatable bonds is 4. The van der Waals surface area contributed by atoms with Crippen LogP contribution in [0.15, 0.2) is 36.5 Å². The van der Waals surface area contributed by atoms with Crippen LogP contribution in [0.5, 0.6) is 11.6 Å². The molecule has 0 radical (unpaired) electrons. The van der Waals surface area contributed by atoms with E-state index < -0.39 is 0 Å². The summed E-state index contributed by atoms with van der Waals surface area (Å²) in [6, 6.07) is 8.09. The molecule has 3 nitrogen and oxygen atoms in total. The van der Waals surface area contributed by atoms with Gasteiger partial charge in [0.05, 0.1) is 0 Å². The molecule has 0 bridgehead atoms. The average molecular weight is 246 g/mol. The predicted molar refractivity (Wildman–Crippen MR) is 68.2 cm³/mol. The lowest BCUT2D eigenvalue weighted by atomic mass is 10.2. The Bertz CT molecular complexity index is 526. The standard InChI is InChI=1S/C14H15FN2O/c1-10-2-4-12(15)8-13(10)18-14-5-3-11(6-7-16)9-17-14/h2-5,8-9H,6-7,16H2,1H3. The highest BCUT2D eigenvalue weighted by Gasteiger charge is 2.04. The van der Waals surface area contributed by atoms with Crippen LogP contribution in [0.3, 0.4) is 0 Å². The lowest BCUT2D eigenvalue weighted by molar-refractivity contribution is 0.454. The number of benzene rings is 1. The maximum Gasteiger partial charge on any atom is 0.219 e. The van der Waals surface area contributed by atoms with Crippen molar-refractivity contribution in [3.8, 4) is 11.6 Å². The van der Waals surface area contributed by atoms with Gasteiger partial charge in [-0.25, -0.2) is 9.37 Å². The first kappa shape index (κ1) is 12.5. The summed E-state index contributed by atoms with van der Waals surface area (Å²) < 4.78 is 18.6. The van der Waals surface area contributed by atoms with Crippen LogP contribution in [0.4, 0.5) is 4.39 Å². The van der Waals surface area contributed by atoms with E-state index in [-0.39, 0.29) is 5.82 Å². The molecule has 1 aromatic carbocycles. The van der Waals surface area contributed by atoms with Gasteiger partial charge in [-0.1, -0.05) is 12.1 Å². The van der Waals surface area contributed by atoms with Gasteiger partial charge in [-0.3, -0.25) is 0 Å². The molecule has 0 saturated carbocycles. The fourth-order valence-electron chi connectivity index (χ4n) is 1.58. The maximum absolute atomic E-state index is 13.1. The SMILES string of the molecule is Cc1ccc(F)cc1Oc1ccc(CCN)cn1. The van der Waals surface area contributed by atoms with Gasteiger partial charge in [0.2, 0.25) is 5.88 Å². The summed E-state index contributed by atoms with van der Waals surface area (Å²) in [4.78, 5) is 4.16.